The highest BCUT2D eigenvalue weighted by Crippen LogP contribution is 2.33. The molecule has 1 amide bonds. The van der Waals surface area contributed by atoms with E-state index in [1.54, 1.807) is 11.9 Å². The molecule has 0 radical (unpaired) electrons. The van der Waals surface area contributed by atoms with Crippen molar-refractivity contribution in [3.63, 3.8) is 0 Å². The Bertz CT molecular complexity index is 481. The van der Waals surface area contributed by atoms with Crippen LogP contribution in [0.1, 0.15) is 25.8 Å². The normalized spacial score (nSPS) is 21.5. The number of carbonyl (C=O) groups is 2. The molecule has 1 aromatic carbocycles. The molecule has 102 valence electrons. The van der Waals surface area contributed by atoms with Gasteiger partial charge in [-0.1, -0.05) is 30.3 Å². The molecule has 1 atom stereocenters. The van der Waals surface area contributed by atoms with Crippen molar-refractivity contribution in [3.05, 3.63) is 35.9 Å². The topological polar surface area (TPSA) is 46.6 Å². The van der Waals surface area contributed by atoms with Gasteiger partial charge in [-0.05, 0) is 25.8 Å². The number of carbonyl (C=O) groups excluding carboxylic acids is 2. The van der Waals surface area contributed by atoms with Gasteiger partial charge in [0.1, 0.15) is 12.5 Å². The molecule has 1 aliphatic rings. The van der Waals surface area contributed by atoms with Gasteiger partial charge in [-0.3, -0.25) is 9.59 Å². The van der Waals surface area contributed by atoms with Crippen LogP contribution in [-0.2, 0) is 20.9 Å². The summed E-state index contributed by atoms with van der Waals surface area (Å²) in [6.45, 7) is 4.12. The molecule has 2 rings (SSSR count). The molecule has 0 N–H and O–H groups in total. The van der Waals surface area contributed by atoms with E-state index >= 15 is 0 Å². The zero-order chi connectivity index (χ0) is 14.0. The molecule has 1 aromatic rings. The van der Waals surface area contributed by atoms with Crippen LogP contribution in [0.2, 0.25) is 0 Å². The van der Waals surface area contributed by atoms with Crippen molar-refractivity contribution in [2.45, 2.75) is 32.4 Å². The molecule has 4 nitrogen and oxygen atoms in total. The lowest BCUT2D eigenvalue weighted by Crippen LogP contribution is -2.37. The Hall–Kier alpha value is -1.84. The van der Waals surface area contributed by atoms with Gasteiger partial charge in [0, 0.05) is 12.6 Å². The third-order valence-electron chi connectivity index (χ3n) is 3.75. The van der Waals surface area contributed by atoms with Crippen molar-refractivity contribution < 1.29 is 14.3 Å². The highest BCUT2D eigenvalue weighted by atomic mass is 16.5. The minimum atomic E-state index is -0.663. The van der Waals surface area contributed by atoms with Gasteiger partial charge < -0.3 is 9.64 Å². The first-order valence-corrected chi connectivity index (χ1v) is 6.40. The molecular formula is C15H19NO3. The predicted octanol–water partition coefficient (Wildman–Crippen LogP) is 1.99. The van der Waals surface area contributed by atoms with E-state index in [9.17, 15) is 9.59 Å². The maximum atomic E-state index is 12.0. The number of amides is 1. The third kappa shape index (κ3) is 2.78. The molecule has 0 aromatic heterocycles. The Balaban J connectivity index is 1.96. The number of benzene rings is 1. The first-order valence-electron chi connectivity index (χ1n) is 6.40. The van der Waals surface area contributed by atoms with E-state index in [0.29, 0.717) is 6.42 Å². The largest absolute Gasteiger partial charge is 0.460 e. The van der Waals surface area contributed by atoms with Crippen molar-refractivity contribution in [1.82, 2.24) is 4.90 Å². The molecule has 1 saturated heterocycles. The molecule has 1 heterocycles. The average Bonchev–Trinajstić information content (AvgIpc) is 2.61. The second-order valence-electron chi connectivity index (χ2n) is 5.56. The number of nitrogens with zero attached hydrogens (tertiary/aromatic N) is 1. The quantitative estimate of drug-likeness (QED) is 0.617. The lowest BCUT2D eigenvalue weighted by molar-refractivity contribution is -0.153. The van der Waals surface area contributed by atoms with E-state index in [-0.39, 0.29) is 18.1 Å². The minimum Gasteiger partial charge on any atom is -0.460 e. The zero-order valence-electron chi connectivity index (χ0n) is 11.6. The summed E-state index contributed by atoms with van der Waals surface area (Å²) in [5.41, 5.74) is 0.641. The average molecular weight is 261 g/mol. The molecular weight excluding hydrogens is 242 g/mol. The standard InChI is InChI=1S/C15H19NO3/c1-15(2)9-12(13(17)16(15)3)14(18)19-10-11-7-5-4-6-8-11/h4-8,12H,9-10H2,1-3H3/t12-/m0/s1. The Labute approximate surface area is 113 Å². The molecule has 1 fully saturated rings. The molecule has 4 heteroatoms. The Kier molecular flexibility index (Phi) is 3.60. The van der Waals surface area contributed by atoms with Gasteiger partial charge in [-0.15, -0.1) is 0 Å². The van der Waals surface area contributed by atoms with Crippen molar-refractivity contribution in [2.24, 2.45) is 5.92 Å². The number of esters is 1. The monoisotopic (exact) mass is 261 g/mol. The summed E-state index contributed by atoms with van der Waals surface area (Å²) in [6.07, 6.45) is 0.510. The first kappa shape index (κ1) is 13.6. The Morgan fingerprint density at radius 1 is 1.37 bits per heavy atom. The predicted molar refractivity (Wildman–Crippen MR) is 71.2 cm³/mol. The molecule has 0 spiro atoms. The number of ether oxygens (including phenoxy) is 1. The van der Waals surface area contributed by atoms with Crippen LogP contribution < -0.4 is 0 Å². The van der Waals surface area contributed by atoms with Crippen LogP contribution in [0.5, 0.6) is 0 Å². The highest BCUT2D eigenvalue weighted by molar-refractivity contribution is 5.99. The van der Waals surface area contributed by atoms with Crippen molar-refractivity contribution in [1.29, 1.82) is 0 Å². The zero-order valence-corrected chi connectivity index (χ0v) is 11.6. The van der Waals surface area contributed by atoms with Gasteiger partial charge in [-0.2, -0.15) is 0 Å². The maximum Gasteiger partial charge on any atom is 0.318 e. The van der Waals surface area contributed by atoms with Crippen LogP contribution in [-0.4, -0.2) is 29.4 Å². The molecule has 19 heavy (non-hydrogen) atoms. The van der Waals surface area contributed by atoms with E-state index in [1.807, 2.05) is 44.2 Å². The van der Waals surface area contributed by atoms with Crippen LogP contribution >= 0.6 is 0 Å². The van der Waals surface area contributed by atoms with Crippen molar-refractivity contribution in [2.75, 3.05) is 7.05 Å². The number of hydrogen-bond acceptors (Lipinski definition) is 3. The van der Waals surface area contributed by atoms with E-state index in [1.165, 1.54) is 0 Å². The fraction of sp³-hybridized carbons (Fsp3) is 0.467. The summed E-state index contributed by atoms with van der Waals surface area (Å²) in [5.74, 6) is -1.24. The van der Waals surface area contributed by atoms with Gasteiger partial charge in [0.2, 0.25) is 5.91 Å². The van der Waals surface area contributed by atoms with Crippen LogP contribution in [0.15, 0.2) is 30.3 Å². The maximum absolute atomic E-state index is 12.0. The number of rotatable bonds is 3. The van der Waals surface area contributed by atoms with E-state index in [0.717, 1.165) is 5.56 Å². The smallest absolute Gasteiger partial charge is 0.318 e. The van der Waals surface area contributed by atoms with Crippen LogP contribution in [0.4, 0.5) is 0 Å². The molecule has 0 saturated carbocycles. The van der Waals surface area contributed by atoms with Gasteiger partial charge in [0.25, 0.3) is 0 Å². The van der Waals surface area contributed by atoms with Crippen molar-refractivity contribution in [3.8, 4) is 0 Å². The number of likely N-dealkylation sites (tertiary alicyclic amines) is 1. The third-order valence-corrected chi connectivity index (χ3v) is 3.75. The van der Waals surface area contributed by atoms with Crippen molar-refractivity contribution >= 4 is 11.9 Å². The highest BCUT2D eigenvalue weighted by Gasteiger charge is 2.46. The SMILES string of the molecule is CN1C(=O)[C@@H](C(=O)OCc2ccccc2)CC1(C)C. The Morgan fingerprint density at radius 2 is 2.00 bits per heavy atom. The lowest BCUT2D eigenvalue weighted by atomic mass is 9.96. The summed E-state index contributed by atoms with van der Waals surface area (Å²) < 4.78 is 5.24. The summed E-state index contributed by atoms with van der Waals surface area (Å²) in [7, 11) is 1.73. The second-order valence-corrected chi connectivity index (χ2v) is 5.56. The second kappa shape index (κ2) is 5.03. The molecule has 0 aliphatic carbocycles. The number of hydrogen-bond donors (Lipinski definition) is 0. The minimum absolute atomic E-state index is 0.150. The lowest BCUT2D eigenvalue weighted by Gasteiger charge is -2.26. The van der Waals surface area contributed by atoms with Crippen LogP contribution in [0.25, 0.3) is 0 Å². The summed E-state index contributed by atoms with van der Waals surface area (Å²) in [6, 6.07) is 9.46. The van der Waals surface area contributed by atoms with Gasteiger partial charge in [-0.25, -0.2) is 0 Å². The summed E-state index contributed by atoms with van der Waals surface area (Å²) >= 11 is 0. The van der Waals surface area contributed by atoms with Crippen LogP contribution in [0.3, 0.4) is 0 Å². The van der Waals surface area contributed by atoms with Crippen LogP contribution in [0, 0.1) is 5.92 Å². The van der Waals surface area contributed by atoms with Gasteiger partial charge in [0.05, 0.1) is 0 Å². The first-order chi connectivity index (χ1) is 8.92. The fourth-order valence-corrected chi connectivity index (χ4v) is 2.27. The fourth-order valence-electron chi connectivity index (χ4n) is 2.27. The van der Waals surface area contributed by atoms with E-state index in [2.05, 4.69) is 0 Å². The summed E-state index contributed by atoms with van der Waals surface area (Å²) in [5, 5.41) is 0. The van der Waals surface area contributed by atoms with Gasteiger partial charge >= 0.3 is 5.97 Å². The Morgan fingerprint density at radius 3 is 2.53 bits per heavy atom. The summed E-state index contributed by atoms with van der Waals surface area (Å²) in [4.78, 5) is 25.6. The molecule has 0 bridgehead atoms. The molecule has 1 aliphatic heterocycles. The van der Waals surface area contributed by atoms with E-state index in [4.69, 9.17) is 4.74 Å². The van der Waals surface area contributed by atoms with Gasteiger partial charge in [0.15, 0.2) is 0 Å². The van der Waals surface area contributed by atoms with E-state index < -0.39 is 11.9 Å². The molecule has 0 unspecified atom stereocenters.